The van der Waals surface area contributed by atoms with Gasteiger partial charge in [-0.25, -0.2) is 3.96 Å². The van der Waals surface area contributed by atoms with Crippen LogP contribution >= 0.6 is 23.3 Å². The fourth-order valence-electron chi connectivity index (χ4n) is 4.10. The van der Waals surface area contributed by atoms with E-state index >= 15 is 0 Å². The van der Waals surface area contributed by atoms with Crippen LogP contribution in [0.25, 0.3) is 26.9 Å². The normalized spacial score (nSPS) is 15.2. The van der Waals surface area contributed by atoms with E-state index in [0.29, 0.717) is 0 Å². The van der Waals surface area contributed by atoms with Gasteiger partial charge in [-0.3, -0.25) is 9.59 Å². The lowest BCUT2D eigenvalue weighted by atomic mass is 9.99. The number of nitrogens with zero attached hydrogens (tertiary/aromatic N) is 1. The fourth-order valence-corrected chi connectivity index (χ4v) is 6.33. The smallest absolute Gasteiger partial charge is 0.273 e. The van der Waals surface area contributed by atoms with Crippen molar-refractivity contribution < 1.29 is 4.79 Å². The average Bonchev–Trinajstić information content (AvgIpc) is 3.37. The maximum absolute atomic E-state index is 12.8. The molecule has 1 aliphatic heterocycles. The van der Waals surface area contributed by atoms with Gasteiger partial charge in [0.1, 0.15) is 0 Å². The Morgan fingerprint density at radius 1 is 0.688 bits per heavy atom. The number of fused-ring (bicyclic) bond motifs is 2. The maximum Gasteiger partial charge on any atom is 0.273 e. The van der Waals surface area contributed by atoms with Crippen molar-refractivity contribution in [1.29, 1.82) is 0 Å². The molecule has 2 heterocycles. The molecule has 32 heavy (non-hydrogen) atoms. The van der Waals surface area contributed by atoms with Gasteiger partial charge in [0.25, 0.3) is 5.56 Å². The first kappa shape index (κ1) is 19.3. The summed E-state index contributed by atoms with van der Waals surface area (Å²) in [4.78, 5) is 26.5. The van der Waals surface area contributed by atoms with Crippen LogP contribution in [-0.4, -0.2) is 9.74 Å². The van der Waals surface area contributed by atoms with Crippen molar-refractivity contribution in [3.05, 3.63) is 119 Å². The third-order valence-electron chi connectivity index (χ3n) is 5.78. The molecule has 0 N–H and O–H groups in total. The van der Waals surface area contributed by atoms with Crippen LogP contribution in [0.3, 0.4) is 0 Å². The lowest BCUT2D eigenvalue weighted by Gasteiger charge is -2.10. The Morgan fingerprint density at radius 2 is 1.34 bits per heavy atom. The monoisotopic (exact) mass is 451 g/mol. The summed E-state index contributed by atoms with van der Waals surface area (Å²) >= 11 is 3.08. The molecule has 5 heteroatoms. The number of Topliss-reactive ketones (excluding diaryl/α,β-unsaturated/α-hetero) is 1. The number of hydrogen-bond donors (Lipinski definition) is 0. The first-order chi connectivity index (χ1) is 15.7. The Hall–Kier alpha value is -3.41. The molecule has 4 aromatic carbocycles. The molecule has 0 saturated carbocycles. The molecule has 1 aromatic heterocycles. The van der Waals surface area contributed by atoms with Gasteiger partial charge in [-0.1, -0.05) is 78.3 Å². The van der Waals surface area contributed by atoms with E-state index in [1.165, 1.54) is 11.5 Å². The van der Waals surface area contributed by atoms with Gasteiger partial charge in [0, 0.05) is 10.5 Å². The van der Waals surface area contributed by atoms with Crippen LogP contribution in [0.4, 0.5) is 0 Å². The Balaban J connectivity index is 1.27. The molecule has 154 valence electrons. The number of ketones is 1. The van der Waals surface area contributed by atoms with E-state index in [1.54, 1.807) is 15.7 Å². The Kier molecular flexibility index (Phi) is 4.59. The largest absolute Gasteiger partial charge is 0.292 e. The van der Waals surface area contributed by atoms with E-state index in [9.17, 15) is 9.59 Å². The molecular formula is C27H17NO2S2. The first-order valence-electron chi connectivity index (χ1n) is 10.3. The molecule has 1 aliphatic rings. The van der Waals surface area contributed by atoms with Crippen LogP contribution in [0.15, 0.2) is 107 Å². The van der Waals surface area contributed by atoms with Crippen molar-refractivity contribution in [3.8, 4) is 16.8 Å². The number of carbonyl (C=O) groups excluding carboxylic acids is 1. The average molecular weight is 452 g/mol. The van der Waals surface area contributed by atoms with Gasteiger partial charge in [-0.05, 0) is 47.0 Å². The van der Waals surface area contributed by atoms with Gasteiger partial charge in [-0.2, -0.15) is 0 Å². The molecule has 0 fully saturated rings. The predicted octanol–water partition coefficient (Wildman–Crippen LogP) is 6.75. The third-order valence-corrected chi connectivity index (χ3v) is 8.22. The van der Waals surface area contributed by atoms with Crippen molar-refractivity contribution in [2.24, 2.45) is 0 Å². The number of benzene rings is 4. The summed E-state index contributed by atoms with van der Waals surface area (Å²) in [5.41, 5.74) is 4.87. The molecule has 1 unspecified atom stereocenters. The third kappa shape index (κ3) is 3.13. The standard InChI is InChI=1S/C27H17NO2S2/c29-25-21-5-1-3-7-23(21)31-26(25)19-11-9-17(10-12-19)18-13-15-20(16-14-18)28-27(30)22-6-2-4-8-24(22)32-28/h1-16,26H. The minimum absolute atomic E-state index is 0.0161. The second-order valence-corrected chi connectivity index (χ2v) is 9.85. The van der Waals surface area contributed by atoms with E-state index < -0.39 is 0 Å². The Bertz CT molecular complexity index is 1530. The van der Waals surface area contributed by atoms with E-state index in [-0.39, 0.29) is 16.6 Å². The molecule has 0 radical (unpaired) electrons. The fraction of sp³-hybridized carbons (Fsp3) is 0.0370. The lowest BCUT2D eigenvalue weighted by molar-refractivity contribution is 0.0991. The van der Waals surface area contributed by atoms with Crippen molar-refractivity contribution >= 4 is 39.2 Å². The number of aromatic nitrogens is 1. The van der Waals surface area contributed by atoms with Gasteiger partial charge < -0.3 is 0 Å². The van der Waals surface area contributed by atoms with Crippen molar-refractivity contribution in [2.45, 2.75) is 10.1 Å². The highest BCUT2D eigenvalue weighted by molar-refractivity contribution is 8.00. The molecule has 0 aliphatic carbocycles. The second-order valence-electron chi connectivity index (χ2n) is 7.71. The molecule has 0 saturated heterocycles. The van der Waals surface area contributed by atoms with Crippen LogP contribution in [0.5, 0.6) is 0 Å². The van der Waals surface area contributed by atoms with Gasteiger partial charge >= 0.3 is 0 Å². The van der Waals surface area contributed by atoms with Crippen LogP contribution in [0.2, 0.25) is 0 Å². The summed E-state index contributed by atoms with van der Waals surface area (Å²) in [6.45, 7) is 0. The SMILES string of the molecule is O=C1c2ccccc2SC1c1ccc(-c2ccc(-n3sc4ccccc4c3=O)cc2)cc1. The summed E-state index contributed by atoms with van der Waals surface area (Å²) in [7, 11) is 0. The summed E-state index contributed by atoms with van der Waals surface area (Å²) in [6.07, 6.45) is 0. The van der Waals surface area contributed by atoms with E-state index in [1.807, 2.05) is 84.9 Å². The van der Waals surface area contributed by atoms with Crippen molar-refractivity contribution in [3.63, 3.8) is 0 Å². The summed E-state index contributed by atoms with van der Waals surface area (Å²) in [6, 6.07) is 31.7. The topological polar surface area (TPSA) is 39.1 Å². The quantitative estimate of drug-likeness (QED) is 0.305. The number of hydrogen-bond acceptors (Lipinski definition) is 4. The van der Waals surface area contributed by atoms with Gasteiger partial charge in [0.05, 0.1) is 21.0 Å². The second kappa shape index (κ2) is 7.62. The number of carbonyl (C=O) groups is 1. The molecule has 6 rings (SSSR count). The molecule has 5 aromatic rings. The molecule has 0 amide bonds. The van der Waals surface area contributed by atoms with Crippen LogP contribution in [-0.2, 0) is 0 Å². The van der Waals surface area contributed by atoms with E-state index in [2.05, 4.69) is 12.1 Å². The minimum atomic E-state index is -0.177. The van der Waals surface area contributed by atoms with Crippen molar-refractivity contribution in [1.82, 2.24) is 3.96 Å². The van der Waals surface area contributed by atoms with Crippen LogP contribution < -0.4 is 5.56 Å². The summed E-state index contributed by atoms with van der Waals surface area (Å²) in [5.74, 6) is 0.177. The zero-order valence-electron chi connectivity index (χ0n) is 16.9. The van der Waals surface area contributed by atoms with Gasteiger partial charge in [-0.15, -0.1) is 11.8 Å². The molecular weight excluding hydrogens is 434 g/mol. The lowest BCUT2D eigenvalue weighted by Crippen LogP contribution is -2.10. The first-order valence-corrected chi connectivity index (χ1v) is 12.0. The van der Waals surface area contributed by atoms with Crippen LogP contribution in [0.1, 0.15) is 21.2 Å². The molecule has 3 nitrogen and oxygen atoms in total. The molecule has 1 atom stereocenters. The van der Waals surface area contributed by atoms with Gasteiger partial charge in [0.2, 0.25) is 0 Å². The van der Waals surface area contributed by atoms with E-state index in [0.717, 1.165) is 42.9 Å². The predicted molar refractivity (Wildman–Crippen MR) is 132 cm³/mol. The minimum Gasteiger partial charge on any atom is -0.292 e. The highest BCUT2D eigenvalue weighted by atomic mass is 32.2. The number of rotatable bonds is 3. The summed E-state index contributed by atoms with van der Waals surface area (Å²) in [5, 5.41) is 0.572. The van der Waals surface area contributed by atoms with Crippen LogP contribution in [0, 0.1) is 0 Å². The van der Waals surface area contributed by atoms with E-state index in [4.69, 9.17) is 0 Å². The zero-order chi connectivity index (χ0) is 21.7. The Labute approximate surface area is 193 Å². The Morgan fingerprint density at radius 3 is 2.06 bits per heavy atom. The maximum atomic E-state index is 12.8. The van der Waals surface area contributed by atoms with Crippen molar-refractivity contribution in [2.75, 3.05) is 0 Å². The highest BCUT2D eigenvalue weighted by Gasteiger charge is 2.32. The van der Waals surface area contributed by atoms with Gasteiger partial charge in [0.15, 0.2) is 5.78 Å². The molecule has 0 bridgehead atoms. The molecule has 0 spiro atoms. The highest BCUT2D eigenvalue weighted by Crippen LogP contribution is 2.46. The zero-order valence-corrected chi connectivity index (χ0v) is 18.5. The number of thioether (sulfide) groups is 1. The summed E-state index contributed by atoms with van der Waals surface area (Å²) < 4.78 is 2.72.